The average molecular weight is 317 g/mol. The minimum absolute atomic E-state index is 0.420. The second kappa shape index (κ2) is 7.43. The largest absolute Gasteiger partial charge is 0.489 e. The van der Waals surface area contributed by atoms with Crippen molar-refractivity contribution in [3.63, 3.8) is 0 Å². The minimum Gasteiger partial charge on any atom is -0.489 e. The lowest BCUT2D eigenvalue weighted by molar-refractivity contribution is -0.146. The molecule has 0 fully saturated rings. The Morgan fingerprint density at radius 3 is 2.27 bits per heavy atom. The van der Waals surface area contributed by atoms with E-state index in [1.165, 1.54) is 6.08 Å². The van der Waals surface area contributed by atoms with E-state index in [9.17, 15) is 9.59 Å². The van der Waals surface area contributed by atoms with Crippen LogP contribution in [0.4, 0.5) is 0 Å². The summed E-state index contributed by atoms with van der Waals surface area (Å²) in [6.45, 7) is 0.420. The third-order valence-electron chi connectivity index (χ3n) is 2.84. The van der Waals surface area contributed by atoms with Crippen molar-refractivity contribution in [3.05, 3.63) is 70.8 Å². The molecule has 0 atom stereocenters. The van der Waals surface area contributed by atoms with Crippen molar-refractivity contribution in [2.45, 2.75) is 6.61 Å². The summed E-state index contributed by atoms with van der Waals surface area (Å²) in [6, 6.07) is 14.3. The summed E-state index contributed by atoms with van der Waals surface area (Å²) in [5.74, 6) is -1.75. The van der Waals surface area contributed by atoms with E-state index in [2.05, 4.69) is 0 Å². The molecule has 0 unspecified atom stereocenters. The molecule has 0 aromatic heterocycles. The van der Waals surface area contributed by atoms with Crippen molar-refractivity contribution in [3.8, 4) is 5.75 Å². The molecular weight excluding hydrogens is 304 g/mol. The highest BCUT2D eigenvalue weighted by atomic mass is 35.5. The maximum Gasteiger partial charge on any atom is 0.376 e. The lowest BCUT2D eigenvalue weighted by atomic mass is 10.2. The second-order valence-corrected chi connectivity index (χ2v) is 4.92. The van der Waals surface area contributed by atoms with E-state index in [1.807, 2.05) is 12.1 Å². The number of carbonyl (C=O) groups is 2. The number of carbonyl (C=O) groups excluding carboxylic acids is 1. The Kier molecular flexibility index (Phi) is 5.33. The van der Waals surface area contributed by atoms with Crippen LogP contribution in [-0.2, 0) is 16.2 Å². The molecule has 22 heavy (non-hydrogen) atoms. The number of benzene rings is 2. The van der Waals surface area contributed by atoms with Gasteiger partial charge in [-0.05, 0) is 41.5 Å². The van der Waals surface area contributed by atoms with Crippen LogP contribution < -0.4 is 4.74 Å². The van der Waals surface area contributed by atoms with Gasteiger partial charge >= 0.3 is 5.97 Å². The zero-order valence-corrected chi connectivity index (χ0v) is 12.3. The first kappa shape index (κ1) is 15.8. The smallest absolute Gasteiger partial charge is 0.376 e. The van der Waals surface area contributed by atoms with Gasteiger partial charge in [0.05, 0.1) is 0 Å². The zero-order valence-electron chi connectivity index (χ0n) is 11.5. The van der Waals surface area contributed by atoms with Gasteiger partial charge in [-0.1, -0.05) is 41.9 Å². The third-order valence-corrected chi connectivity index (χ3v) is 3.09. The average Bonchev–Trinajstić information content (AvgIpc) is 2.53. The highest BCUT2D eigenvalue weighted by Gasteiger charge is 2.05. The lowest BCUT2D eigenvalue weighted by Gasteiger charge is -2.06. The van der Waals surface area contributed by atoms with Crippen LogP contribution in [0.3, 0.4) is 0 Å². The van der Waals surface area contributed by atoms with Gasteiger partial charge in [0.1, 0.15) is 12.4 Å². The van der Waals surface area contributed by atoms with E-state index in [4.69, 9.17) is 21.4 Å². The molecule has 0 saturated heterocycles. The van der Waals surface area contributed by atoms with Crippen LogP contribution in [-0.4, -0.2) is 16.9 Å². The summed E-state index contributed by atoms with van der Waals surface area (Å²) in [5, 5.41) is 9.15. The van der Waals surface area contributed by atoms with Crippen LogP contribution in [0, 0.1) is 0 Å². The molecule has 2 aromatic carbocycles. The molecule has 112 valence electrons. The first-order valence-electron chi connectivity index (χ1n) is 6.47. The molecule has 0 aliphatic carbocycles. The van der Waals surface area contributed by atoms with Crippen molar-refractivity contribution in [2.75, 3.05) is 0 Å². The molecule has 0 amide bonds. The normalized spacial score (nSPS) is 10.6. The van der Waals surface area contributed by atoms with E-state index in [1.54, 1.807) is 36.4 Å². The Balaban J connectivity index is 1.93. The molecule has 2 rings (SSSR count). The Bertz CT molecular complexity index is 688. The second-order valence-electron chi connectivity index (χ2n) is 4.49. The third kappa shape index (κ3) is 4.75. The number of carboxylic acids is 1. The molecule has 0 aliphatic rings. The quantitative estimate of drug-likeness (QED) is 0.653. The Morgan fingerprint density at radius 2 is 1.68 bits per heavy atom. The fraction of sp³-hybridized carbons (Fsp3) is 0.0588. The van der Waals surface area contributed by atoms with Crippen LogP contribution in [0.5, 0.6) is 5.75 Å². The summed E-state index contributed by atoms with van der Waals surface area (Å²) in [5.41, 5.74) is 1.72. The van der Waals surface area contributed by atoms with E-state index in [0.717, 1.165) is 11.6 Å². The van der Waals surface area contributed by atoms with E-state index in [-0.39, 0.29) is 0 Å². The standard InChI is InChI=1S/C17H13ClO4/c18-14-6-1-13(2-7-14)11-22-15-8-3-12(4-9-15)5-10-16(19)17(20)21/h1-10H,11H2,(H,20,21)/b10-5+. The summed E-state index contributed by atoms with van der Waals surface area (Å²) in [7, 11) is 0. The molecule has 2 aromatic rings. The number of hydrogen-bond donors (Lipinski definition) is 1. The molecule has 1 N–H and O–H groups in total. The first-order valence-corrected chi connectivity index (χ1v) is 6.85. The minimum atomic E-state index is -1.47. The molecule has 0 saturated carbocycles. The van der Waals surface area contributed by atoms with Gasteiger partial charge in [-0.25, -0.2) is 4.79 Å². The Labute approximate surface area is 132 Å². The van der Waals surface area contributed by atoms with E-state index in [0.29, 0.717) is 22.9 Å². The van der Waals surface area contributed by atoms with Gasteiger partial charge in [-0.3, -0.25) is 4.79 Å². The highest BCUT2D eigenvalue weighted by molar-refractivity contribution is 6.38. The SMILES string of the molecule is O=C(O)C(=O)/C=C/c1ccc(OCc2ccc(Cl)cc2)cc1. The zero-order chi connectivity index (χ0) is 15.9. The highest BCUT2D eigenvalue weighted by Crippen LogP contribution is 2.16. The molecule has 4 nitrogen and oxygen atoms in total. The monoisotopic (exact) mass is 316 g/mol. The van der Waals surface area contributed by atoms with Gasteiger partial charge in [0, 0.05) is 5.02 Å². The predicted octanol–water partition coefficient (Wildman–Crippen LogP) is 3.59. The van der Waals surface area contributed by atoms with E-state index < -0.39 is 11.8 Å². The van der Waals surface area contributed by atoms with Crippen molar-refractivity contribution in [2.24, 2.45) is 0 Å². The van der Waals surface area contributed by atoms with Gasteiger partial charge < -0.3 is 9.84 Å². The summed E-state index contributed by atoms with van der Waals surface area (Å²) >= 11 is 5.81. The van der Waals surface area contributed by atoms with Crippen LogP contribution in [0.15, 0.2) is 54.6 Å². The summed E-state index contributed by atoms with van der Waals surface area (Å²) < 4.78 is 5.62. The fourth-order valence-electron chi connectivity index (χ4n) is 1.67. The lowest BCUT2D eigenvalue weighted by Crippen LogP contribution is -2.08. The summed E-state index contributed by atoms with van der Waals surface area (Å²) in [4.78, 5) is 21.3. The number of hydrogen-bond acceptors (Lipinski definition) is 3. The van der Waals surface area contributed by atoms with Gasteiger partial charge in [0.25, 0.3) is 5.78 Å². The first-order chi connectivity index (χ1) is 10.5. The molecule has 0 aliphatic heterocycles. The van der Waals surface area contributed by atoms with Gasteiger partial charge in [-0.2, -0.15) is 0 Å². The molecular formula is C17H13ClO4. The number of ketones is 1. The predicted molar refractivity (Wildman–Crippen MR) is 83.9 cm³/mol. The number of halogens is 1. The van der Waals surface area contributed by atoms with Crippen LogP contribution in [0.2, 0.25) is 5.02 Å². The van der Waals surface area contributed by atoms with Gasteiger partial charge in [0.15, 0.2) is 0 Å². The maximum atomic E-state index is 10.9. The summed E-state index contributed by atoms with van der Waals surface area (Å²) in [6.07, 6.45) is 2.46. The van der Waals surface area contributed by atoms with Crippen molar-refractivity contribution >= 4 is 29.4 Å². The van der Waals surface area contributed by atoms with E-state index >= 15 is 0 Å². The van der Waals surface area contributed by atoms with Crippen molar-refractivity contribution < 1.29 is 19.4 Å². The number of rotatable bonds is 6. The number of aliphatic carboxylic acids is 1. The fourth-order valence-corrected chi connectivity index (χ4v) is 1.79. The Hall–Kier alpha value is -2.59. The molecule has 0 bridgehead atoms. The number of ether oxygens (including phenoxy) is 1. The van der Waals surface area contributed by atoms with Gasteiger partial charge in [-0.15, -0.1) is 0 Å². The van der Waals surface area contributed by atoms with Crippen LogP contribution in [0.1, 0.15) is 11.1 Å². The van der Waals surface area contributed by atoms with Gasteiger partial charge in [0.2, 0.25) is 0 Å². The van der Waals surface area contributed by atoms with Crippen molar-refractivity contribution in [1.29, 1.82) is 0 Å². The molecule has 0 radical (unpaired) electrons. The topological polar surface area (TPSA) is 63.6 Å². The molecule has 0 heterocycles. The van der Waals surface area contributed by atoms with Crippen LogP contribution >= 0.6 is 11.6 Å². The Morgan fingerprint density at radius 1 is 1.05 bits per heavy atom. The maximum absolute atomic E-state index is 10.9. The molecule has 0 spiro atoms. The van der Waals surface area contributed by atoms with Crippen LogP contribution in [0.25, 0.3) is 6.08 Å². The van der Waals surface area contributed by atoms with Crippen molar-refractivity contribution in [1.82, 2.24) is 0 Å². The molecule has 5 heteroatoms. The number of carboxylic acid groups (broad SMARTS) is 1.